The highest BCUT2D eigenvalue weighted by Gasteiger charge is 2.20. The van der Waals surface area contributed by atoms with Gasteiger partial charge in [0.1, 0.15) is 0 Å². The lowest BCUT2D eigenvalue weighted by Crippen LogP contribution is -2.34. The summed E-state index contributed by atoms with van der Waals surface area (Å²) in [6, 6.07) is 6.10. The summed E-state index contributed by atoms with van der Waals surface area (Å²) in [5.74, 6) is 0. The minimum Gasteiger partial charge on any atom is -0.347 e. The standard InChI is InChI=1S/C8H9ClIN5/c1-5-4-6(10)2-3-7(5)11-8-12-13-14-15(8)9/h2-4,8,11H,1H3,(H,12,14). The molecule has 1 atom stereocenters. The zero-order chi connectivity index (χ0) is 10.8. The van der Waals surface area contributed by atoms with Gasteiger partial charge >= 0.3 is 0 Å². The van der Waals surface area contributed by atoms with Crippen LogP contribution in [0.15, 0.2) is 28.5 Å². The Balaban J connectivity index is 2.13. The van der Waals surface area contributed by atoms with E-state index in [1.54, 1.807) is 0 Å². The van der Waals surface area contributed by atoms with Crippen LogP contribution in [0.25, 0.3) is 0 Å². The number of benzene rings is 1. The number of halogens is 2. The molecule has 0 aliphatic carbocycles. The number of nitrogens with one attached hydrogen (secondary N) is 2. The van der Waals surface area contributed by atoms with E-state index in [4.69, 9.17) is 11.8 Å². The van der Waals surface area contributed by atoms with Crippen LogP contribution in [-0.4, -0.2) is 10.8 Å². The molecule has 1 aliphatic heterocycles. The van der Waals surface area contributed by atoms with E-state index in [2.05, 4.69) is 49.8 Å². The second kappa shape index (κ2) is 4.50. The van der Waals surface area contributed by atoms with Crippen molar-refractivity contribution in [2.45, 2.75) is 13.2 Å². The molecule has 0 aromatic heterocycles. The van der Waals surface area contributed by atoms with Crippen molar-refractivity contribution in [3.05, 3.63) is 27.3 Å². The average Bonchev–Trinajstić information content (AvgIpc) is 2.57. The van der Waals surface area contributed by atoms with Gasteiger partial charge in [-0.2, -0.15) is 0 Å². The maximum atomic E-state index is 5.78. The first-order chi connectivity index (χ1) is 7.16. The highest BCUT2D eigenvalue weighted by molar-refractivity contribution is 14.1. The van der Waals surface area contributed by atoms with Gasteiger partial charge < -0.3 is 5.32 Å². The van der Waals surface area contributed by atoms with Crippen molar-refractivity contribution in [1.82, 2.24) is 10.1 Å². The molecule has 2 rings (SSSR count). The minimum absolute atomic E-state index is 0.370. The highest BCUT2D eigenvalue weighted by Crippen LogP contribution is 2.20. The van der Waals surface area contributed by atoms with Gasteiger partial charge in [0.05, 0.1) is 0 Å². The lowest BCUT2D eigenvalue weighted by Gasteiger charge is -2.16. The molecule has 15 heavy (non-hydrogen) atoms. The number of nitrogens with zero attached hydrogens (tertiary/aromatic N) is 3. The van der Waals surface area contributed by atoms with Crippen LogP contribution in [0.4, 0.5) is 5.69 Å². The van der Waals surface area contributed by atoms with Gasteiger partial charge in [0.25, 0.3) is 0 Å². The topological polar surface area (TPSA) is 52.0 Å². The molecule has 2 N–H and O–H groups in total. The Hall–Kier alpha value is -0.600. The van der Waals surface area contributed by atoms with E-state index in [1.165, 1.54) is 8.10 Å². The van der Waals surface area contributed by atoms with Crippen LogP contribution in [0, 0.1) is 10.5 Å². The molecular formula is C8H9ClIN5. The third-order valence-electron chi connectivity index (χ3n) is 2.00. The molecule has 0 radical (unpaired) electrons. The Morgan fingerprint density at radius 2 is 2.40 bits per heavy atom. The van der Waals surface area contributed by atoms with Crippen molar-refractivity contribution in [2.24, 2.45) is 10.3 Å². The second-order valence-electron chi connectivity index (χ2n) is 3.10. The Labute approximate surface area is 106 Å². The number of aryl methyl sites for hydroxylation is 1. The van der Waals surface area contributed by atoms with Crippen LogP contribution in [0.5, 0.6) is 0 Å². The van der Waals surface area contributed by atoms with Crippen molar-refractivity contribution >= 4 is 40.1 Å². The first-order valence-corrected chi connectivity index (χ1v) is 5.72. The normalized spacial score (nSPS) is 20.3. The summed E-state index contributed by atoms with van der Waals surface area (Å²) in [6.45, 7) is 2.03. The number of anilines is 1. The molecule has 80 valence electrons. The quantitative estimate of drug-likeness (QED) is 0.644. The fourth-order valence-corrected chi connectivity index (χ4v) is 2.01. The fraction of sp³-hybridized carbons (Fsp3) is 0.250. The molecule has 5 nitrogen and oxygen atoms in total. The maximum absolute atomic E-state index is 5.78. The summed E-state index contributed by atoms with van der Waals surface area (Å²) in [5, 5.41) is 10.6. The van der Waals surface area contributed by atoms with Gasteiger partial charge in [0.15, 0.2) is 0 Å². The number of hydrogen-bond acceptors (Lipinski definition) is 5. The van der Waals surface area contributed by atoms with Crippen LogP contribution in [0.3, 0.4) is 0 Å². The minimum atomic E-state index is -0.370. The van der Waals surface area contributed by atoms with Gasteiger partial charge in [-0.05, 0) is 53.3 Å². The van der Waals surface area contributed by atoms with Gasteiger partial charge in [0, 0.05) is 21.0 Å². The second-order valence-corrected chi connectivity index (χ2v) is 4.71. The predicted octanol–water partition coefficient (Wildman–Crippen LogP) is 2.64. The van der Waals surface area contributed by atoms with Crippen molar-refractivity contribution in [1.29, 1.82) is 0 Å². The van der Waals surface area contributed by atoms with Crippen molar-refractivity contribution in [3.8, 4) is 0 Å². The summed E-state index contributed by atoms with van der Waals surface area (Å²) in [6.07, 6.45) is -0.370. The first-order valence-electron chi connectivity index (χ1n) is 4.30. The van der Waals surface area contributed by atoms with Gasteiger partial charge in [0.2, 0.25) is 6.29 Å². The van der Waals surface area contributed by atoms with E-state index in [1.807, 2.05) is 19.1 Å². The Morgan fingerprint density at radius 3 is 3.00 bits per heavy atom. The molecule has 0 fully saturated rings. The molecule has 0 saturated heterocycles. The van der Waals surface area contributed by atoms with Crippen molar-refractivity contribution in [2.75, 3.05) is 5.32 Å². The van der Waals surface area contributed by atoms with E-state index in [0.29, 0.717) is 0 Å². The molecule has 1 unspecified atom stereocenters. The van der Waals surface area contributed by atoms with Crippen LogP contribution >= 0.6 is 34.4 Å². The number of hydrazine groups is 1. The molecular weight excluding hydrogens is 328 g/mol. The van der Waals surface area contributed by atoms with Crippen LogP contribution in [-0.2, 0) is 0 Å². The summed E-state index contributed by atoms with van der Waals surface area (Å²) in [5.41, 5.74) is 4.66. The molecule has 7 heteroatoms. The molecule has 1 aromatic carbocycles. The van der Waals surface area contributed by atoms with E-state index in [-0.39, 0.29) is 6.29 Å². The third kappa shape index (κ3) is 2.50. The summed E-state index contributed by atoms with van der Waals surface area (Å²) in [4.78, 5) is 0. The summed E-state index contributed by atoms with van der Waals surface area (Å²) < 4.78 is 2.47. The molecule has 0 amide bonds. The van der Waals surface area contributed by atoms with Crippen LogP contribution < -0.4 is 10.9 Å². The fourth-order valence-electron chi connectivity index (χ4n) is 1.24. The monoisotopic (exact) mass is 337 g/mol. The van der Waals surface area contributed by atoms with E-state index < -0.39 is 0 Å². The summed E-state index contributed by atoms with van der Waals surface area (Å²) >= 11 is 8.05. The molecule has 1 aromatic rings. The van der Waals surface area contributed by atoms with Crippen LogP contribution in [0.2, 0.25) is 0 Å². The third-order valence-corrected chi connectivity index (χ3v) is 2.93. The molecule has 0 saturated carbocycles. The number of rotatable bonds is 2. The molecule has 0 bridgehead atoms. The zero-order valence-corrected chi connectivity index (χ0v) is 10.8. The van der Waals surface area contributed by atoms with Gasteiger partial charge in [-0.25, -0.2) is 5.53 Å². The Bertz CT molecular complexity index is 397. The van der Waals surface area contributed by atoms with Crippen molar-refractivity contribution < 1.29 is 0 Å². The van der Waals surface area contributed by atoms with Gasteiger partial charge in [-0.1, -0.05) is 9.75 Å². The highest BCUT2D eigenvalue weighted by atomic mass is 127. The Morgan fingerprint density at radius 1 is 1.60 bits per heavy atom. The van der Waals surface area contributed by atoms with E-state index >= 15 is 0 Å². The first kappa shape index (κ1) is 10.9. The lowest BCUT2D eigenvalue weighted by molar-refractivity contribution is 0.349. The Kier molecular flexibility index (Phi) is 3.27. The van der Waals surface area contributed by atoms with Crippen LogP contribution in [0.1, 0.15) is 5.56 Å². The van der Waals surface area contributed by atoms with Crippen molar-refractivity contribution in [3.63, 3.8) is 0 Å². The molecule has 1 aliphatic rings. The summed E-state index contributed by atoms with van der Waals surface area (Å²) in [7, 11) is 0. The smallest absolute Gasteiger partial charge is 0.231 e. The molecule has 0 spiro atoms. The molecule has 1 heterocycles. The maximum Gasteiger partial charge on any atom is 0.231 e. The van der Waals surface area contributed by atoms with E-state index in [9.17, 15) is 0 Å². The number of hydrogen-bond donors (Lipinski definition) is 2. The largest absolute Gasteiger partial charge is 0.347 e. The van der Waals surface area contributed by atoms with Gasteiger partial charge in [-0.15, -0.1) is 5.11 Å². The lowest BCUT2D eigenvalue weighted by atomic mass is 10.2. The predicted molar refractivity (Wildman–Crippen MR) is 67.0 cm³/mol. The van der Waals surface area contributed by atoms with Gasteiger partial charge in [-0.3, -0.25) is 0 Å². The zero-order valence-electron chi connectivity index (χ0n) is 7.91. The average molecular weight is 338 g/mol. The van der Waals surface area contributed by atoms with E-state index in [0.717, 1.165) is 11.3 Å². The SMILES string of the molecule is Cc1cc(I)ccc1NC1N=NNN1Cl.